The van der Waals surface area contributed by atoms with E-state index in [0.29, 0.717) is 15.3 Å². The van der Waals surface area contributed by atoms with Gasteiger partial charge in [-0.05, 0) is 47.0 Å². The molecule has 2 nitrogen and oxygen atoms in total. The van der Waals surface area contributed by atoms with Crippen molar-refractivity contribution in [2.45, 2.75) is 48.7 Å². The molecule has 0 aliphatic heterocycles. The van der Waals surface area contributed by atoms with E-state index in [2.05, 4.69) is 15.9 Å². The van der Waals surface area contributed by atoms with E-state index in [1.165, 1.54) is 38.5 Å². The minimum absolute atomic E-state index is 0.355. The number of hydrogen-bond donors (Lipinski definition) is 1. The molecule has 0 atom stereocenters. The third kappa shape index (κ3) is 3.75. The lowest BCUT2D eigenvalue weighted by molar-refractivity contribution is 0.0695. The van der Waals surface area contributed by atoms with Gasteiger partial charge in [0.05, 0.1) is 5.56 Å². The molecule has 4 heteroatoms. The first-order chi connectivity index (χ1) is 8.66. The second-order valence-electron chi connectivity index (χ2n) is 4.68. The zero-order chi connectivity index (χ0) is 13.0. The standard InChI is InChI=1S/C14H17BrO2S/c15-13-8-7-11(9-12(13)14(16)17)18-10-5-3-1-2-4-6-10/h7-10H,1-6H2,(H,16,17). The smallest absolute Gasteiger partial charge is 0.336 e. The summed E-state index contributed by atoms with van der Waals surface area (Å²) in [6, 6.07) is 5.62. The Balaban J connectivity index is 2.08. The molecular weight excluding hydrogens is 312 g/mol. The minimum Gasteiger partial charge on any atom is -0.478 e. The van der Waals surface area contributed by atoms with Gasteiger partial charge in [0.15, 0.2) is 0 Å². The first kappa shape index (κ1) is 13.9. The van der Waals surface area contributed by atoms with Gasteiger partial charge >= 0.3 is 5.97 Å². The molecule has 1 saturated carbocycles. The van der Waals surface area contributed by atoms with Crippen LogP contribution in [0.4, 0.5) is 0 Å². The van der Waals surface area contributed by atoms with E-state index in [-0.39, 0.29) is 0 Å². The third-order valence-electron chi connectivity index (χ3n) is 3.27. The van der Waals surface area contributed by atoms with Crippen molar-refractivity contribution >= 4 is 33.7 Å². The molecule has 18 heavy (non-hydrogen) atoms. The molecule has 1 N–H and O–H groups in total. The van der Waals surface area contributed by atoms with E-state index in [9.17, 15) is 4.79 Å². The second kappa shape index (κ2) is 6.62. The average molecular weight is 329 g/mol. The molecule has 0 amide bonds. The predicted molar refractivity (Wildman–Crippen MR) is 78.4 cm³/mol. The van der Waals surface area contributed by atoms with Crippen LogP contribution in [0.3, 0.4) is 0 Å². The van der Waals surface area contributed by atoms with Crippen LogP contribution in [-0.2, 0) is 0 Å². The van der Waals surface area contributed by atoms with E-state index in [0.717, 1.165) is 4.90 Å². The Kier molecular flexibility index (Phi) is 5.13. The second-order valence-corrected chi connectivity index (χ2v) is 6.91. The normalized spacial score (nSPS) is 17.4. The zero-order valence-corrected chi connectivity index (χ0v) is 12.6. The summed E-state index contributed by atoms with van der Waals surface area (Å²) < 4.78 is 0.653. The number of aromatic carboxylic acids is 1. The van der Waals surface area contributed by atoms with Gasteiger partial charge in [0, 0.05) is 14.6 Å². The van der Waals surface area contributed by atoms with E-state index in [1.54, 1.807) is 6.07 Å². The summed E-state index contributed by atoms with van der Waals surface area (Å²) >= 11 is 5.11. The van der Waals surface area contributed by atoms with Crippen LogP contribution in [-0.4, -0.2) is 16.3 Å². The van der Waals surface area contributed by atoms with Gasteiger partial charge < -0.3 is 5.11 Å². The first-order valence-corrected chi connectivity index (χ1v) is 8.03. The van der Waals surface area contributed by atoms with Crippen LogP contribution in [0.5, 0.6) is 0 Å². The molecule has 0 spiro atoms. The highest BCUT2D eigenvalue weighted by molar-refractivity contribution is 9.10. The van der Waals surface area contributed by atoms with Crippen molar-refractivity contribution in [2.24, 2.45) is 0 Å². The number of hydrogen-bond acceptors (Lipinski definition) is 2. The van der Waals surface area contributed by atoms with Crippen LogP contribution < -0.4 is 0 Å². The maximum Gasteiger partial charge on any atom is 0.336 e. The van der Waals surface area contributed by atoms with Crippen molar-refractivity contribution in [3.8, 4) is 0 Å². The Labute approximate surface area is 120 Å². The number of carboxylic acids is 1. The molecule has 2 rings (SSSR count). The van der Waals surface area contributed by atoms with Crippen LogP contribution >= 0.6 is 27.7 Å². The maximum atomic E-state index is 11.1. The highest BCUT2D eigenvalue weighted by Crippen LogP contribution is 2.34. The fraction of sp³-hybridized carbons (Fsp3) is 0.500. The van der Waals surface area contributed by atoms with E-state index < -0.39 is 5.97 Å². The first-order valence-electron chi connectivity index (χ1n) is 6.36. The zero-order valence-electron chi connectivity index (χ0n) is 10.2. The number of rotatable bonds is 3. The van der Waals surface area contributed by atoms with E-state index in [1.807, 2.05) is 23.9 Å². The van der Waals surface area contributed by atoms with Gasteiger partial charge in [-0.2, -0.15) is 0 Å². The highest BCUT2D eigenvalue weighted by atomic mass is 79.9. The number of carboxylic acid groups (broad SMARTS) is 1. The molecule has 1 aliphatic carbocycles. The molecule has 0 radical (unpaired) electrons. The van der Waals surface area contributed by atoms with Gasteiger partial charge in [0.1, 0.15) is 0 Å². The quantitative estimate of drug-likeness (QED) is 0.796. The molecule has 1 aromatic rings. The van der Waals surface area contributed by atoms with Gasteiger partial charge in [0.2, 0.25) is 0 Å². The summed E-state index contributed by atoms with van der Waals surface area (Å²) in [5.74, 6) is -0.870. The summed E-state index contributed by atoms with van der Waals surface area (Å²) in [5, 5.41) is 9.75. The largest absolute Gasteiger partial charge is 0.478 e. The molecule has 0 saturated heterocycles. The Bertz CT molecular complexity index is 426. The minimum atomic E-state index is -0.870. The summed E-state index contributed by atoms with van der Waals surface area (Å²) in [6.45, 7) is 0. The van der Waals surface area contributed by atoms with Gasteiger partial charge in [-0.1, -0.05) is 25.7 Å². The van der Waals surface area contributed by atoms with Crippen LogP contribution in [0.2, 0.25) is 0 Å². The monoisotopic (exact) mass is 328 g/mol. The number of carbonyl (C=O) groups is 1. The van der Waals surface area contributed by atoms with Crippen LogP contribution in [0.15, 0.2) is 27.6 Å². The molecule has 0 unspecified atom stereocenters. The van der Waals surface area contributed by atoms with Gasteiger partial charge in [0.25, 0.3) is 0 Å². The predicted octanol–water partition coefficient (Wildman–Crippen LogP) is 4.96. The SMILES string of the molecule is O=C(O)c1cc(SC2CCCCCC2)ccc1Br. The lowest BCUT2D eigenvalue weighted by Crippen LogP contribution is -2.01. The summed E-state index contributed by atoms with van der Waals surface area (Å²) in [7, 11) is 0. The Morgan fingerprint density at radius 2 is 1.89 bits per heavy atom. The van der Waals surface area contributed by atoms with Crippen LogP contribution in [0.25, 0.3) is 0 Å². The van der Waals surface area contributed by atoms with Crippen molar-refractivity contribution in [1.82, 2.24) is 0 Å². The summed E-state index contributed by atoms with van der Waals surface area (Å²) in [6.07, 6.45) is 7.81. The maximum absolute atomic E-state index is 11.1. The molecule has 0 heterocycles. The third-order valence-corrected chi connectivity index (χ3v) is 5.30. The average Bonchev–Trinajstić information content (AvgIpc) is 2.60. The van der Waals surface area contributed by atoms with Crippen LogP contribution in [0.1, 0.15) is 48.9 Å². The number of benzene rings is 1. The van der Waals surface area contributed by atoms with Crippen molar-refractivity contribution in [3.63, 3.8) is 0 Å². The Morgan fingerprint density at radius 1 is 1.22 bits per heavy atom. The lowest BCUT2D eigenvalue weighted by Gasteiger charge is -2.14. The fourth-order valence-corrected chi connectivity index (χ4v) is 4.00. The summed E-state index contributed by atoms with van der Waals surface area (Å²) in [4.78, 5) is 12.2. The van der Waals surface area contributed by atoms with Crippen molar-refractivity contribution in [3.05, 3.63) is 28.2 Å². The van der Waals surface area contributed by atoms with E-state index >= 15 is 0 Å². The highest BCUT2D eigenvalue weighted by Gasteiger charge is 2.15. The van der Waals surface area contributed by atoms with Gasteiger partial charge in [-0.15, -0.1) is 11.8 Å². The van der Waals surface area contributed by atoms with Gasteiger partial charge in [-0.25, -0.2) is 4.79 Å². The lowest BCUT2D eigenvalue weighted by atomic mass is 10.2. The molecular formula is C14H17BrO2S. The Morgan fingerprint density at radius 3 is 2.50 bits per heavy atom. The fourth-order valence-electron chi connectivity index (χ4n) is 2.29. The van der Waals surface area contributed by atoms with Gasteiger partial charge in [-0.3, -0.25) is 0 Å². The van der Waals surface area contributed by atoms with Crippen LogP contribution in [0, 0.1) is 0 Å². The number of thioether (sulfide) groups is 1. The molecule has 1 aliphatic rings. The summed E-state index contributed by atoms with van der Waals surface area (Å²) in [5.41, 5.74) is 0.355. The molecule has 1 aromatic carbocycles. The molecule has 0 aromatic heterocycles. The molecule has 1 fully saturated rings. The molecule has 0 bridgehead atoms. The van der Waals surface area contributed by atoms with Crippen molar-refractivity contribution < 1.29 is 9.90 Å². The molecule has 98 valence electrons. The van der Waals surface area contributed by atoms with E-state index in [4.69, 9.17) is 5.11 Å². The Hall–Kier alpha value is -0.480. The van der Waals surface area contributed by atoms with Crippen molar-refractivity contribution in [1.29, 1.82) is 0 Å². The number of halogens is 1. The topological polar surface area (TPSA) is 37.3 Å². The van der Waals surface area contributed by atoms with Crippen molar-refractivity contribution in [2.75, 3.05) is 0 Å².